The molecule has 2 heteroatoms. The molecule has 1 aromatic carbocycles. The molecule has 0 radical (unpaired) electrons. The van der Waals surface area contributed by atoms with Crippen molar-refractivity contribution in [3.05, 3.63) is 72.3 Å². The zero-order valence-corrected chi connectivity index (χ0v) is 13.0. The maximum Gasteiger partial charge on any atom is 0.154 e. The van der Waals surface area contributed by atoms with Crippen LogP contribution in [0.3, 0.4) is 0 Å². The molecule has 0 saturated carbocycles. The average Bonchev–Trinajstić information content (AvgIpc) is 2.59. The van der Waals surface area contributed by atoms with Crippen LogP contribution in [0.2, 0.25) is 0 Å². The Labute approximate surface area is 132 Å². The van der Waals surface area contributed by atoms with E-state index in [-0.39, 0.29) is 0 Å². The highest BCUT2D eigenvalue weighted by Gasteiger charge is 2.11. The first-order chi connectivity index (χ1) is 10.7. The van der Waals surface area contributed by atoms with E-state index in [1.54, 1.807) is 12.4 Å². The molecule has 0 saturated heterocycles. The predicted octanol–water partition coefficient (Wildman–Crippen LogP) is 4.86. The molecule has 112 valence electrons. The molecule has 0 bridgehead atoms. The van der Waals surface area contributed by atoms with E-state index >= 15 is 0 Å². The maximum absolute atomic E-state index is 4.26. The third-order valence-corrected chi connectivity index (χ3v) is 4.37. The molecule has 0 amide bonds. The molecule has 1 heterocycles. The fourth-order valence-corrected chi connectivity index (χ4v) is 2.99. The van der Waals surface area contributed by atoms with Gasteiger partial charge in [-0.15, -0.1) is 0 Å². The minimum Gasteiger partial charge on any atom is -0.237 e. The normalized spacial score (nSPS) is 13.5. The maximum atomic E-state index is 4.26. The van der Waals surface area contributed by atoms with Crippen molar-refractivity contribution in [2.75, 3.05) is 0 Å². The lowest BCUT2D eigenvalue weighted by Crippen LogP contribution is -2.03. The standard InChI is InChI=1S/C20H22N2/c1-15(8-9-16(2)20-21-12-5-13-22-20)18-11-10-17-6-3-4-7-19(17)14-18/h5,10-14H,1-4,6-9H2. The molecular formula is C20H22N2. The van der Waals surface area contributed by atoms with Crippen LogP contribution in [0.4, 0.5) is 0 Å². The lowest BCUT2D eigenvalue weighted by Gasteiger charge is -2.17. The van der Waals surface area contributed by atoms with Gasteiger partial charge in [0.1, 0.15) is 0 Å². The summed E-state index contributed by atoms with van der Waals surface area (Å²) in [6.07, 6.45) is 10.3. The Kier molecular flexibility index (Phi) is 4.47. The van der Waals surface area contributed by atoms with Crippen LogP contribution < -0.4 is 0 Å². The summed E-state index contributed by atoms with van der Waals surface area (Å²) in [6, 6.07) is 8.65. The summed E-state index contributed by atoms with van der Waals surface area (Å²) >= 11 is 0. The van der Waals surface area contributed by atoms with Crippen molar-refractivity contribution in [1.29, 1.82) is 0 Å². The minimum atomic E-state index is 0.737. The largest absolute Gasteiger partial charge is 0.237 e. The van der Waals surface area contributed by atoms with Gasteiger partial charge in [-0.2, -0.15) is 0 Å². The third-order valence-electron chi connectivity index (χ3n) is 4.37. The van der Waals surface area contributed by atoms with Gasteiger partial charge in [0.15, 0.2) is 5.82 Å². The Balaban J connectivity index is 1.64. The number of aryl methyl sites for hydroxylation is 2. The first kappa shape index (κ1) is 14.7. The van der Waals surface area contributed by atoms with Gasteiger partial charge in [-0.25, -0.2) is 9.97 Å². The van der Waals surface area contributed by atoms with Crippen LogP contribution in [0.25, 0.3) is 11.1 Å². The van der Waals surface area contributed by atoms with Crippen LogP contribution in [0.5, 0.6) is 0 Å². The van der Waals surface area contributed by atoms with Gasteiger partial charge in [0, 0.05) is 12.4 Å². The summed E-state index contributed by atoms with van der Waals surface area (Å²) < 4.78 is 0. The molecule has 1 aliphatic rings. The Morgan fingerprint density at radius 1 is 0.909 bits per heavy atom. The highest BCUT2D eigenvalue weighted by molar-refractivity contribution is 5.67. The van der Waals surface area contributed by atoms with Crippen molar-refractivity contribution >= 4 is 11.1 Å². The lowest BCUT2D eigenvalue weighted by molar-refractivity contribution is 0.685. The van der Waals surface area contributed by atoms with Crippen LogP contribution in [0.1, 0.15) is 48.2 Å². The summed E-state index contributed by atoms with van der Waals surface area (Å²) in [5.74, 6) is 0.737. The number of allylic oxidation sites excluding steroid dienone is 2. The van der Waals surface area contributed by atoms with Crippen molar-refractivity contribution in [3.63, 3.8) is 0 Å². The minimum absolute atomic E-state index is 0.737. The average molecular weight is 290 g/mol. The van der Waals surface area contributed by atoms with E-state index in [2.05, 4.69) is 41.3 Å². The number of nitrogens with zero attached hydrogens (tertiary/aromatic N) is 2. The highest BCUT2D eigenvalue weighted by Crippen LogP contribution is 2.27. The van der Waals surface area contributed by atoms with Crippen LogP contribution in [0, 0.1) is 0 Å². The van der Waals surface area contributed by atoms with Gasteiger partial charge in [-0.3, -0.25) is 0 Å². The smallest absolute Gasteiger partial charge is 0.154 e. The van der Waals surface area contributed by atoms with Gasteiger partial charge in [0.2, 0.25) is 0 Å². The van der Waals surface area contributed by atoms with Crippen LogP contribution in [0.15, 0.2) is 49.8 Å². The van der Waals surface area contributed by atoms with Crippen molar-refractivity contribution in [2.24, 2.45) is 0 Å². The molecular weight excluding hydrogens is 268 g/mol. The monoisotopic (exact) mass is 290 g/mol. The Morgan fingerprint density at radius 3 is 2.36 bits per heavy atom. The molecule has 1 aromatic heterocycles. The van der Waals surface area contributed by atoms with Crippen molar-refractivity contribution < 1.29 is 0 Å². The Morgan fingerprint density at radius 2 is 1.59 bits per heavy atom. The third kappa shape index (κ3) is 3.33. The summed E-state index contributed by atoms with van der Waals surface area (Å²) in [6.45, 7) is 8.35. The van der Waals surface area contributed by atoms with Gasteiger partial charge in [0.25, 0.3) is 0 Å². The molecule has 0 atom stereocenters. The second-order valence-electron chi connectivity index (χ2n) is 5.97. The first-order valence-electron chi connectivity index (χ1n) is 7.99. The predicted molar refractivity (Wildman–Crippen MR) is 92.4 cm³/mol. The zero-order chi connectivity index (χ0) is 15.4. The second kappa shape index (κ2) is 6.69. The zero-order valence-electron chi connectivity index (χ0n) is 13.0. The van der Waals surface area contributed by atoms with Gasteiger partial charge in [-0.05, 0) is 72.4 Å². The molecule has 0 fully saturated rings. The van der Waals surface area contributed by atoms with Crippen LogP contribution in [-0.2, 0) is 12.8 Å². The summed E-state index contributed by atoms with van der Waals surface area (Å²) in [4.78, 5) is 8.49. The van der Waals surface area contributed by atoms with Crippen LogP contribution in [-0.4, -0.2) is 9.97 Å². The Bertz CT molecular complexity index is 686. The van der Waals surface area contributed by atoms with E-state index in [4.69, 9.17) is 0 Å². The molecule has 2 nitrogen and oxygen atoms in total. The van der Waals surface area contributed by atoms with E-state index < -0.39 is 0 Å². The topological polar surface area (TPSA) is 25.8 Å². The molecule has 1 aliphatic carbocycles. The van der Waals surface area contributed by atoms with E-state index in [1.807, 2.05) is 6.07 Å². The van der Waals surface area contributed by atoms with Crippen molar-refractivity contribution in [1.82, 2.24) is 9.97 Å². The number of benzene rings is 1. The fraction of sp³-hybridized carbons (Fsp3) is 0.300. The second-order valence-corrected chi connectivity index (χ2v) is 5.97. The molecule has 0 aliphatic heterocycles. The van der Waals surface area contributed by atoms with Gasteiger partial charge >= 0.3 is 0 Å². The molecule has 2 aromatic rings. The fourth-order valence-electron chi connectivity index (χ4n) is 2.99. The number of fused-ring (bicyclic) bond motifs is 1. The van der Waals surface area contributed by atoms with Gasteiger partial charge in [0.05, 0.1) is 0 Å². The number of hydrogen-bond acceptors (Lipinski definition) is 2. The first-order valence-corrected chi connectivity index (χ1v) is 7.99. The van der Waals surface area contributed by atoms with Crippen LogP contribution >= 0.6 is 0 Å². The van der Waals surface area contributed by atoms with Gasteiger partial charge in [-0.1, -0.05) is 31.4 Å². The molecule has 0 N–H and O–H groups in total. The molecule has 0 spiro atoms. The van der Waals surface area contributed by atoms with E-state index in [0.717, 1.165) is 24.2 Å². The SMILES string of the molecule is C=C(CCC(=C)c1ncccn1)c1ccc2c(c1)CCCC2. The molecule has 0 unspecified atom stereocenters. The summed E-state index contributed by atoms with van der Waals surface area (Å²) in [7, 11) is 0. The van der Waals surface area contributed by atoms with E-state index in [9.17, 15) is 0 Å². The highest BCUT2D eigenvalue weighted by atomic mass is 14.9. The quantitative estimate of drug-likeness (QED) is 0.785. The Hall–Kier alpha value is -2.22. The molecule has 3 rings (SSSR count). The van der Waals surface area contributed by atoms with Crippen molar-refractivity contribution in [2.45, 2.75) is 38.5 Å². The number of hydrogen-bond donors (Lipinski definition) is 0. The summed E-state index contributed by atoms with van der Waals surface area (Å²) in [5, 5.41) is 0. The lowest BCUT2D eigenvalue weighted by atomic mass is 9.88. The van der Waals surface area contributed by atoms with Gasteiger partial charge < -0.3 is 0 Å². The number of rotatable bonds is 5. The summed E-state index contributed by atoms with van der Waals surface area (Å²) in [5.41, 5.74) is 6.44. The molecule has 22 heavy (non-hydrogen) atoms. The number of aromatic nitrogens is 2. The van der Waals surface area contributed by atoms with E-state index in [1.165, 1.54) is 47.9 Å². The van der Waals surface area contributed by atoms with Crippen molar-refractivity contribution in [3.8, 4) is 0 Å². The van der Waals surface area contributed by atoms with E-state index in [0.29, 0.717) is 0 Å².